The average molecular weight is 602 g/mol. The third kappa shape index (κ3) is 5.49. The highest BCUT2D eigenvalue weighted by Crippen LogP contribution is 2.31. The van der Waals surface area contributed by atoms with E-state index in [0.717, 1.165) is 30.7 Å². The fraction of sp³-hybridized carbons (Fsp3) is 0.379. The summed E-state index contributed by atoms with van der Waals surface area (Å²) in [7, 11) is 0. The number of rotatable bonds is 6. The van der Waals surface area contributed by atoms with E-state index in [-0.39, 0.29) is 34.0 Å². The minimum atomic E-state index is 0. The Labute approximate surface area is 231 Å². The molecule has 0 spiro atoms. The van der Waals surface area contributed by atoms with E-state index in [9.17, 15) is 0 Å². The van der Waals surface area contributed by atoms with Crippen LogP contribution in [0.25, 0.3) is 12.2 Å². The van der Waals surface area contributed by atoms with Crippen LogP contribution in [0.15, 0.2) is 43.7 Å². The molecule has 2 aromatic heterocycles. The van der Waals surface area contributed by atoms with Crippen LogP contribution in [-0.2, 0) is 19.3 Å². The lowest BCUT2D eigenvalue weighted by Crippen LogP contribution is -1.97. The number of aliphatic imine (C=N–C) groups is 2. The van der Waals surface area contributed by atoms with Crippen LogP contribution in [0.1, 0.15) is 86.6 Å². The van der Waals surface area contributed by atoms with Gasteiger partial charge in [0.1, 0.15) is 0 Å². The van der Waals surface area contributed by atoms with Gasteiger partial charge in [-0.15, -0.1) is 34.0 Å². The summed E-state index contributed by atoms with van der Waals surface area (Å²) in [6.45, 7) is 17.5. The Balaban J connectivity index is 0.00000216. The summed E-state index contributed by atoms with van der Waals surface area (Å²) in [5.74, 6) is 0. The molecule has 188 valence electrons. The zero-order valence-electron chi connectivity index (χ0n) is 22.1. The molecule has 4 rings (SSSR count). The third-order valence-corrected chi connectivity index (χ3v) is 7.38. The van der Waals surface area contributed by atoms with Crippen molar-refractivity contribution in [2.45, 2.75) is 74.7 Å². The molecular weight excluding hydrogens is 564 g/mol. The lowest BCUT2D eigenvalue weighted by Gasteiger charge is -2.05. The van der Waals surface area contributed by atoms with E-state index in [1.807, 2.05) is 12.4 Å². The van der Waals surface area contributed by atoms with Crippen LogP contribution in [0, 0.1) is 13.8 Å². The second kappa shape index (κ2) is 11.7. The molecule has 0 fully saturated rings. The van der Waals surface area contributed by atoms with Gasteiger partial charge in [0.05, 0.1) is 11.4 Å². The summed E-state index contributed by atoms with van der Waals surface area (Å²) in [6, 6.07) is 0. The van der Waals surface area contributed by atoms with Gasteiger partial charge in [0.15, 0.2) is 0 Å². The zero-order chi connectivity index (χ0) is 23.9. The Hall–Kier alpha value is -2.18. The molecule has 0 aliphatic carbocycles. The van der Waals surface area contributed by atoms with Gasteiger partial charge in [0, 0.05) is 41.6 Å². The van der Waals surface area contributed by atoms with Crippen LogP contribution in [0.5, 0.6) is 0 Å². The summed E-state index contributed by atoms with van der Waals surface area (Å²) in [5.41, 5.74) is 17.5. The van der Waals surface area contributed by atoms with Gasteiger partial charge >= 0.3 is 0 Å². The maximum Gasteiger partial charge on any atom is 0.0682 e. The molecular formula is C29H38Br2N4. The average Bonchev–Trinajstić information content (AvgIpc) is 3.47. The van der Waals surface area contributed by atoms with Gasteiger partial charge in [-0.25, -0.2) is 0 Å². The minimum absolute atomic E-state index is 0. The molecule has 0 bridgehead atoms. The smallest absolute Gasteiger partial charge is 0.0682 e. The fourth-order valence-electron chi connectivity index (χ4n) is 4.85. The topological polar surface area (TPSA) is 56.3 Å². The van der Waals surface area contributed by atoms with Crippen molar-refractivity contribution in [1.82, 2.24) is 9.97 Å². The van der Waals surface area contributed by atoms with Gasteiger partial charge in [0.25, 0.3) is 0 Å². The minimum Gasteiger partial charge on any atom is -0.358 e. The molecule has 0 radical (unpaired) electrons. The highest BCUT2D eigenvalue weighted by Gasteiger charge is 2.19. The first-order valence-corrected chi connectivity index (χ1v) is 12.0. The number of hydrogen-bond acceptors (Lipinski definition) is 2. The first kappa shape index (κ1) is 29.1. The van der Waals surface area contributed by atoms with Crippen LogP contribution < -0.4 is 0 Å². The van der Waals surface area contributed by atoms with Crippen LogP contribution in [0.2, 0.25) is 0 Å². The Kier molecular flexibility index (Phi) is 9.71. The van der Waals surface area contributed by atoms with Crippen molar-refractivity contribution in [2.75, 3.05) is 0 Å². The molecule has 2 aliphatic heterocycles. The van der Waals surface area contributed by atoms with Crippen molar-refractivity contribution in [3.63, 3.8) is 0 Å². The third-order valence-electron chi connectivity index (χ3n) is 7.38. The Morgan fingerprint density at radius 3 is 1.31 bits per heavy atom. The number of halogens is 2. The van der Waals surface area contributed by atoms with Crippen LogP contribution >= 0.6 is 34.0 Å². The molecule has 35 heavy (non-hydrogen) atoms. The predicted molar refractivity (Wildman–Crippen MR) is 163 cm³/mol. The molecule has 0 unspecified atom stereocenters. The Morgan fingerprint density at radius 1 is 0.657 bits per heavy atom. The SMILES string of the molecule is Br.Br.CCc1c(Cc2[nH]c(/C=C3\N=CC(C)=C3C)c(C)c2CC)[nH]c(/C=C2\N=CC(C)=C2C)c1C. The normalized spacial score (nSPS) is 17.3. The first-order chi connectivity index (χ1) is 15.7. The molecule has 4 heterocycles. The summed E-state index contributed by atoms with van der Waals surface area (Å²) < 4.78 is 0. The maximum atomic E-state index is 4.60. The van der Waals surface area contributed by atoms with Crippen molar-refractivity contribution < 1.29 is 0 Å². The predicted octanol–water partition coefficient (Wildman–Crippen LogP) is 8.35. The van der Waals surface area contributed by atoms with Crippen molar-refractivity contribution >= 4 is 58.5 Å². The van der Waals surface area contributed by atoms with E-state index in [4.69, 9.17) is 0 Å². The number of H-pyrrole nitrogens is 2. The first-order valence-electron chi connectivity index (χ1n) is 12.0. The number of aromatic amines is 2. The Morgan fingerprint density at radius 2 is 1.03 bits per heavy atom. The largest absolute Gasteiger partial charge is 0.358 e. The number of nitrogens with zero attached hydrogens (tertiary/aromatic N) is 2. The molecule has 2 aliphatic rings. The highest BCUT2D eigenvalue weighted by molar-refractivity contribution is 8.93. The van der Waals surface area contributed by atoms with Crippen LogP contribution in [0.4, 0.5) is 0 Å². The molecule has 4 nitrogen and oxygen atoms in total. The molecule has 0 saturated heterocycles. The molecule has 2 N–H and O–H groups in total. The van der Waals surface area contributed by atoms with Crippen LogP contribution in [-0.4, -0.2) is 22.4 Å². The lowest BCUT2D eigenvalue weighted by molar-refractivity contribution is 0.965. The molecule has 0 amide bonds. The van der Waals surface area contributed by atoms with Crippen molar-refractivity contribution in [1.29, 1.82) is 0 Å². The monoisotopic (exact) mass is 600 g/mol. The zero-order valence-corrected chi connectivity index (χ0v) is 25.6. The van der Waals surface area contributed by atoms with Crippen molar-refractivity contribution in [3.8, 4) is 0 Å². The quantitative estimate of drug-likeness (QED) is 0.334. The molecule has 0 atom stereocenters. The standard InChI is InChI=1S/C29H36N4.2BrH/c1-9-22-20(7)26(11-24-18(5)16(3)14-30-24)32-28(22)13-29-23(10-2)21(8)27(33-29)12-25-19(6)17(4)15-31-25;;/h11-12,14-15,32-33H,9-10,13H2,1-8H3;2*1H/b24-11-,25-12-;;. The highest BCUT2D eigenvalue weighted by atomic mass is 79.9. The van der Waals surface area contributed by atoms with E-state index in [1.165, 1.54) is 67.3 Å². The maximum absolute atomic E-state index is 4.60. The van der Waals surface area contributed by atoms with E-state index < -0.39 is 0 Å². The molecule has 0 saturated carbocycles. The van der Waals surface area contributed by atoms with E-state index >= 15 is 0 Å². The van der Waals surface area contributed by atoms with Gasteiger partial charge in [-0.05, 0) is 111 Å². The van der Waals surface area contributed by atoms with Gasteiger partial charge in [-0.2, -0.15) is 0 Å². The lowest BCUT2D eigenvalue weighted by atomic mass is 10.0. The van der Waals surface area contributed by atoms with E-state index in [2.05, 4.69) is 87.5 Å². The Bertz CT molecular complexity index is 1210. The summed E-state index contributed by atoms with van der Waals surface area (Å²) in [5, 5.41) is 0. The summed E-state index contributed by atoms with van der Waals surface area (Å²) >= 11 is 0. The van der Waals surface area contributed by atoms with Gasteiger partial charge in [-0.1, -0.05) is 13.8 Å². The number of nitrogens with one attached hydrogen (secondary N) is 2. The summed E-state index contributed by atoms with van der Waals surface area (Å²) in [4.78, 5) is 16.7. The van der Waals surface area contributed by atoms with Gasteiger partial charge in [0.2, 0.25) is 0 Å². The van der Waals surface area contributed by atoms with E-state index in [0.29, 0.717) is 0 Å². The van der Waals surface area contributed by atoms with Crippen molar-refractivity contribution in [3.05, 3.63) is 78.7 Å². The number of allylic oxidation sites excluding steroid dienone is 4. The van der Waals surface area contributed by atoms with Gasteiger partial charge < -0.3 is 9.97 Å². The van der Waals surface area contributed by atoms with E-state index in [1.54, 1.807) is 0 Å². The number of aromatic nitrogens is 2. The second-order valence-electron chi connectivity index (χ2n) is 9.32. The fourth-order valence-corrected chi connectivity index (χ4v) is 4.85. The second-order valence-corrected chi connectivity index (χ2v) is 9.32. The molecule has 2 aromatic rings. The number of hydrogen-bond donors (Lipinski definition) is 2. The molecule has 6 heteroatoms. The molecule has 0 aromatic carbocycles. The van der Waals surface area contributed by atoms with Gasteiger partial charge in [-0.3, -0.25) is 9.98 Å². The van der Waals surface area contributed by atoms with Crippen LogP contribution in [0.3, 0.4) is 0 Å². The summed E-state index contributed by atoms with van der Waals surface area (Å²) in [6.07, 6.45) is 11.2. The van der Waals surface area contributed by atoms with Crippen molar-refractivity contribution in [2.24, 2.45) is 9.98 Å².